The lowest BCUT2D eigenvalue weighted by Gasteiger charge is -2.35. The van der Waals surface area contributed by atoms with Gasteiger partial charge in [-0.15, -0.1) is 12.4 Å². The minimum atomic E-state index is -1.07. The highest BCUT2D eigenvalue weighted by Gasteiger charge is 2.42. The zero-order valence-electron chi connectivity index (χ0n) is 31.0. The predicted molar refractivity (Wildman–Crippen MR) is 207 cm³/mol. The Morgan fingerprint density at radius 3 is 1.28 bits per heavy atom. The molecule has 3 nitrogen and oxygen atoms in total. The molecule has 4 heteroatoms. The van der Waals surface area contributed by atoms with E-state index >= 15 is 0 Å². The van der Waals surface area contributed by atoms with Gasteiger partial charge in [-0.3, -0.25) is 9.59 Å². The number of hydrogen-bond acceptors (Lipinski definition) is 3. The van der Waals surface area contributed by atoms with E-state index in [0.717, 1.165) is 64.2 Å². The Balaban J connectivity index is 0. The summed E-state index contributed by atoms with van der Waals surface area (Å²) < 4.78 is 0. The number of carbonyl (C=O) groups is 2. The fourth-order valence-corrected chi connectivity index (χ4v) is 6.20. The van der Waals surface area contributed by atoms with Crippen molar-refractivity contribution in [3.8, 4) is 0 Å². The monoisotopic (exact) mass is 662 g/mol. The van der Waals surface area contributed by atoms with Crippen LogP contribution in [0.2, 0.25) is 0 Å². The molecular formula is C42H76ClNO2. The van der Waals surface area contributed by atoms with Crippen LogP contribution in [0.4, 0.5) is 0 Å². The Kier molecular flexibility index (Phi) is 33.9. The van der Waals surface area contributed by atoms with Crippen molar-refractivity contribution >= 4 is 24.0 Å². The summed E-state index contributed by atoms with van der Waals surface area (Å²) >= 11 is 0. The number of hydrogen-bond donors (Lipinski definition) is 1. The largest absolute Gasteiger partial charge is 0.319 e. The van der Waals surface area contributed by atoms with Crippen molar-refractivity contribution in [1.82, 2.24) is 0 Å². The van der Waals surface area contributed by atoms with Gasteiger partial charge < -0.3 is 5.73 Å². The van der Waals surface area contributed by atoms with Crippen molar-refractivity contribution in [3.63, 3.8) is 0 Å². The summed E-state index contributed by atoms with van der Waals surface area (Å²) in [6.07, 6.45) is 45.0. The molecule has 0 aliphatic rings. The fraction of sp³-hybridized carbons (Fsp3) is 0.762. The molecule has 0 aliphatic heterocycles. The van der Waals surface area contributed by atoms with Crippen LogP contribution in [0.5, 0.6) is 0 Å². The van der Waals surface area contributed by atoms with Gasteiger partial charge in [-0.05, 0) is 89.9 Å². The number of Topliss-reactive ketones (excluding diaryl/α,β-unsaturated/α-hetero) is 2. The highest BCUT2D eigenvalue weighted by Crippen LogP contribution is 2.29. The number of nitrogens with two attached hydrogens (primary N) is 1. The summed E-state index contributed by atoms with van der Waals surface area (Å²) in [5.41, 5.74) is 5.56. The van der Waals surface area contributed by atoms with Crippen molar-refractivity contribution < 1.29 is 9.59 Å². The van der Waals surface area contributed by atoms with E-state index < -0.39 is 11.5 Å². The molecule has 0 aliphatic carbocycles. The Morgan fingerprint density at radius 2 is 0.891 bits per heavy atom. The van der Waals surface area contributed by atoms with Crippen LogP contribution in [0.25, 0.3) is 0 Å². The van der Waals surface area contributed by atoms with Gasteiger partial charge in [0.1, 0.15) is 5.78 Å². The van der Waals surface area contributed by atoms with Gasteiger partial charge in [-0.1, -0.05) is 141 Å². The van der Waals surface area contributed by atoms with E-state index in [-0.39, 0.29) is 29.9 Å². The average Bonchev–Trinajstić information content (AvgIpc) is 3.00. The maximum absolute atomic E-state index is 13.2. The van der Waals surface area contributed by atoms with Gasteiger partial charge >= 0.3 is 0 Å². The van der Waals surface area contributed by atoms with Crippen LogP contribution in [0.15, 0.2) is 48.6 Å². The fourth-order valence-electron chi connectivity index (χ4n) is 6.20. The van der Waals surface area contributed by atoms with Crippen molar-refractivity contribution in [1.29, 1.82) is 0 Å². The predicted octanol–water partition coefficient (Wildman–Crippen LogP) is 13.2. The van der Waals surface area contributed by atoms with Gasteiger partial charge in [0.2, 0.25) is 0 Å². The molecule has 0 aromatic heterocycles. The molecule has 2 unspecified atom stereocenters. The van der Waals surface area contributed by atoms with Crippen LogP contribution in [0.3, 0.4) is 0 Å². The lowest BCUT2D eigenvalue weighted by atomic mass is 9.72. The number of ketones is 2. The highest BCUT2D eigenvalue weighted by atomic mass is 35.5. The van der Waals surface area contributed by atoms with E-state index in [9.17, 15) is 9.59 Å². The second-order valence-corrected chi connectivity index (χ2v) is 13.9. The van der Waals surface area contributed by atoms with Crippen molar-refractivity contribution in [2.24, 2.45) is 17.6 Å². The average molecular weight is 663 g/mol. The first-order chi connectivity index (χ1) is 21.8. The molecule has 2 atom stereocenters. The topological polar surface area (TPSA) is 60.2 Å². The van der Waals surface area contributed by atoms with Crippen LogP contribution >= 0.6 is 12.4 Å². The minimum absolute atomic E-state index is 0. The summed E-state index contributed by atoms with van der Waals surface area (Å²) in [5.74, 6) is -0.0952. The molecular weight excluding hydrogens is 586 g/mol. The van der Waals surface area contributed by atoms with Gasteiger partial charge in [0.15, 0.2) is 5.78 Å². The third-order valence-electron chi connectivity index (χ3n) is 8.99. The summed E-state index contributed by atoms with van der Waals surface area (Å²) in [4.78, 5) is 26.4. The highest BCUT2D eigenvalue weighted by molar-refractivity contribution is 5.95. The van der Waals surface area contributed by atoms with Crippen molar-refractivity contribution in [2.45, 2.75) is 194 Å². The van der Waals surface area contributed by atoms with Crippen molar-refractivity contribution in [3.05, 3.63) is 48.6 Å². The van der Waals surface area contributed by atoms with Gasteiger partial charge in [0, 0.05) is 18.8 Å². The lowest BCUT2D eigenvalue weighted by Crippen LogP contribution is -2.56. The summed E-state index contributed by atoms with van der Waals surface area (Å²) in [5, 5.41) is 0. The first-order valence-electron chi connectivity index (χ1n) is 19.2. The number of rotatable bonds is 32. The third kappa shape index (κ3) is 26.6. The lowest BCUT2D eigenvalue weighted by molar-refractivity contribution is -0.135. The number of carbonyl (C=O) groups excluding carboxylic acids is 2. The summed E-state index contributed by atoms with van der Waals surface area (Å²) in [6, 6.07) is 0. The molecule has 2 N–H and O–H groups in total. The van der Waals surface area contributed by atoms with E-state index in [1.165, 1.54) is 77.0 Å². The molecule has 0 saturated carbocycles. The van der Waals surface area contributed by atoms with Crippen LogP contribution in [0.1, 0.15) is 189 Å². The molecule has 0 radical (unpaired) electrons. The van der Waals surface area contributed by atoms with Gasteiger partial charge in [-0.2, -0.15) is 0 Å². The Labute approximate surface area is 293 Å². The van der Waals surface area contributed by atoms with E-state index in [4.69, 9.17) is 5.73 Å². The first kappa shape index (κ1) is 46.7. The second-order valence-electron chi connectivity index (χ2n) is 13.9. The smallest absolute Gasteiger partial charge is 0.153 e. The quantitative estimate of drug-likeness (QED) is 0.0576. The maximum atomic E-state index is 13.2. The van der Waals surface area contributed by atoms with E-state index in [1.807, 2.05) is 13.8 Å². The van der Waals surface area contributed by atoms with Crippen LogP contribution in [-0.2, 0) is 9.59 Å². The molecule has 0 rings (SSSR count). The molecule has 0 aromatic rings. The Bertz CT molecular complexity index is 824. The summed E-state index contributed by atoms with van der Waals surface area (Å²) in [7, 11) is 0. The molecule has 0 fully saturated rings. The molecule has 0 spiro atoms. The Morgan fingerprint density at radius 1 is 0.543 bits per heavy atom. The van der Waals surface area contributed by atoms with Crippen molar-refractivity contribution in [2.75, 3.05) is 0 Å². The number of halogens is 1. The molecule has 0 saturated heterocycles. The van der Waals surface area contributed by atoms with E-state index in [1.54, 1.807) is 6.92 Å². The van der Waals surface area contributed by atoms with Crippen LogP contribution in [0, 0.1) is 11.8 Å². The third-order valence-corrected chi connectivity index (χ3v) is 8.99. The Hall–Kier alpha value is -1.45. The van der Waals surface area contributed by atoms with Gasteiger partial charge in [0.05, 0.1) is 5.54 Å². The molecule has 268 valence electrons. The van der Waals surface area contributed by atoms with Gasteiger partial charge in [0.25, 0.3) is 0 Å². The van der Waals surface area contributed by atoms with Crippen LogP contribution in [-0.4, -0.2) is 17.1 Å². The minimum Gasteiger partial charge on any atom is -0.319 e. The zero-order chi connectivity index (χ0) is 33.4. The maximum Gasteiger partial charge on any atom is 0.153 e. The molecule has 0 amide bonds. The zero-order valence-corrected chi connectivity index (χ0v) is 31.9. The SMILES string of the molecule is CCCCC/C=C\C/C=C\CCCCCCCC(=O)C(C(C)C)C(C)(N)C(=O)CCCCCCC/C=C\C/C=C\CCCCC.Cl. The first-order valence-corrected chi connectivity index (χ1v) is 19.2. The normalized spacial score (nSPS) is 14.2. The number of allylic oxidation sites excluding steroid dienone is 8. The molecule has 0 bridgehead atoms. The van der Waals surface area contributed by atoms with E-state index in [2.05, 4.69) is 62.5 Å². The molecule has 0 aromatic carbocycles. The molecule has 46 heavy (non-hydrogen) atoms. The standard InChI is InChI=1S/C42H75NO2.ClH/c1-6-8-10-12-14-16-18-20-22-24-26-28-30-32-34-36-39(44)41(38(3)4)42(5,43)40(45)37-35-33-31-29-27-25-23-21-19-17-15-13-11-9-7-2;/h14-17,20-23,38,41H,6-13,18-19,24-37,43H2,1-5H3;1H/b16-14-,17-15-,22-20-,23-21-;. The van der Waals surface area contributed by atoms with E-state index in [0.29, 0.717) is 12.8 Å². The second kappa shape index (κ2) is 33.5. The van der Waals surface area contributed by atoms with Gasteiger partial charge in [-0.25, -0.2) is 0 Å². The summed E-state index contributed by atoms with van der Waals surface area (Å²) in [6.45, 7) is 10.4. The molecule has 0 heterocycles. The number of unbranched alkanes of at least 4 members (excludes halogenated alkanes) is 16. The van der Waals surface area contributed by atoms with Crippen LogP contribution < -0.4 is 5.73 Å².